The van der Waals surface area contributed by atoms with Crippen LogP contribution in [0.3, 0.4) is 0 Å². The second kappa shape index (κ2) is 6.71. The Kier molecular flexibility index (Phi) is 4.97. The summed E-state index contributed by atoms with van der Waals surface area (Å²) in [6.45, 7) is 2.32. The zero-order chi connectivity index (χ0) is 13.7. The number of hydrogen-bond acceptors (Lipinski definition) is 3. The number of aryl methyl sites for hydroxylation is 1. The molecule has 0 heterocycles. The smallest absolute Gasteiger partial charge is 0.305 e. The Morgan fingerprint density at radius 1 is 1.37 bits per heavy atom. The fourth-order valence-electron chi connectivity index (χ4n) is 2.81. The van der Waals surface area contributed by atoms with Gasteiger partial charge in [-0.15, -0.1) is 0 Å². The number of esters is 1. The van der Waals surface area contributed by atoms with Crippen LogP contribution >= 0.6 is 0 Å². The Labute approximate surface area is 115 Å². The van der Waals surface area contributed by atoms with E-state index in [1.54, 1.807) is 0 Å². The lowest BCUT2D eigenvalue weighted by molar-refractivity contribution is -0.143. The van der Waals surface area contributed by atoms with E-state index in [0.717, 1.165) is 32.1 Å². The summed E-state index contributed by atoms with van der Waals surface area (Å²) in [5, 5.41) is 0. The molecule has 0 bridgehead atoms. The van der Waals surface area contributed by atoms with Gasteiger partial charge in [0.1, 0.15) is 0 Å². The highest BCUT2D eigenvalue weighted by molar-refractivity contribution is 5.69. The Balaban J connectivity index is 1.81. The van der Waals surface area contributed by atoms with Crippen molar-refractivity contribution in [1.29, 1.82) is 0 Å². The molecule has 1 unspecified atom stereocenters. The second-order valence-corrected chi connectivity index (χ2v) is 5.24. The van der Waals surface area contributed by atoms with Crippen molar-refractivity contribution < 1.29 is 9.53 Å². The minimum absolute atomic E-state index is 0.0807. The van der Waals surface area contributed by atoms with Crippen LogP contribution < -0.4 is 5.73 Å². The molecule has 1 aliphatic rings. The second-order valence-electron chi connectivity index (χ2n) is 5.24. The lowest BCUT2D eigenvalue weighted by Crippen LogP contribution is -2.19. The molecule has 1 atom stereocenters. The van der Waals surface area contributed by atoms with Crippen LogP contribution in [0.15, 0.2) is 18.2 Å². The van der Waals surface area contributed by atoms with Crippen molar-refractivity contribution in [2.45, 2.75) is 51.5 Å². The molecule has 3 nitrogen and oxygen atoms in total. The minimum atomic E-state index is -0.0807. The Hall–Kier alpha value is -1.35. The van der Waals surface area contributed by atoms with Gasteiger partial charge in [-0.05, 0) is 55.7 Å². The quantitative estimate of drug-likeness (QED) is 0.632. The summed E-state index contributed by atoms with van der Waals surface area (Å²) in [5.41, 5.74) is 10.3. The molecule has 1 aliphatic carbocycles. The molecule has 0 radical (unpaired) electrons. The summed E-state index contributed by atoms with van der Waals surface area (Å²) in [4.78, 5) is 11.2. The number of rotatable bonds is 6. The lowest BCUT2D eigenvalue weighted by Gasteiger charge is -2.08. The van der Waals surface area contributed by atoms with E-state index in [1.165, 1.54) is 16.7 Å². The first-order valence-corrected chi connectivity index (χ1v) is 7.21. The molecular formula is C16H23NO2. The van der Waals surface area contributed by atoms with Crippen LogP contribution in [-0.2, 0) is 28.8 Å². The van der Waals surface area contributed by atoms with Gasteiger partial charge in [-0.25, -0.2) is 0 Å². The summed E-state index contributed by atoms with van der Waals surface area (Å²) >= 11 is 0. The number of nitrogens with two attached hydrogens (primary N) is 1. The van der Waals surface area contributed by atoms with E-state index in [-0.39, 0.29) is 12.0 Å². The third kappa shape index (κ3) is 3.80. The number of carbonyl (C=O) groups excluding carboxylic acids is 1. The van der Waals surface area contributed by atoms with Crippen molar-refractivity contribution in [3.05, 3.63) is 34.9 Å². The van der Waals surface area contributed by atoms with E-state index in [1.807, 2.05) is 6.92 Å². The maximum absolute atomic E-state index is 11.2. The number of fused-ring (bicyclic) bond motifs is 1. The van der Waals surface area contributed by atoms with E-state index >= 15 is 0 Å². The molecule has 0 spiro atoms. The molecule has 0 saturated carbocycles. The molecule has 1 aromatic rings. The van der Waals surface area contributed by atoms with Gasteiger partial charge in [0.25, 0.3) is 0 Å². The van der Waals surface area contributed by atoms with Crippen LogP contribution in [0.2, 0.25) is 0 Å². The minimum Gasteiger partial charge on any atom is -0.466 e. The maximum atomic E-state index is 11.2. The Bertz CT molecular complexity index is 442. The summed E-state index contributed by atoms with van der Waals surface area (Å²) < 4.78 is 4.93. The zero-order valence-electron chi connectivity index (χ0n) is 11.7. The fourth-order valence-corrected chi connectivity index (χ4v) is 2.81. The third-order valence-corrected chi connectivity index (χ3v) is 3.70. The molecule has 1 aromatic carbocycles. The number of unbranched alkanes of at least 4 members (excludes halogenated alkanes) is 1. The van der Waals surface area contributed by atoms with Gasteiger partial charge in [-0.3, -0.25) is 4.79 Å². The van der Waals surface area contributed by atoms with E-state index in [9.17, 15) is 4.79 Å². The van der Waals surface area contributed by atoms with Crippen LogP contribution in [0, 0.1) is 0 Å². The fraction of sp³-hybridized carbons (Fsp3) is 0.562. The van der Waals surface area contributed by atoms with Crippen molar-refractivity contribution in [3.63, 3.8) is 0 Å². The molecule has 0 fully saturated rings. The molecule has 2 N–H and O–H groups in total. The van der Waals surface area contributed by atoms with Gasteiger partial charge in [0.2, 0.25) is 0 Å². The largest absolute Gasteiger partial charge is 0.466 e. The molecule has 0 aromatic heterocycles. The Morgan fingerprint density at radius 2 is 2.21 bits per heavy atom. The van der Waals surface area contributed by atoms with Crippen LogP contribution in [-0.4, -0.2) is 18.6 Å². The normalized spacial score (nSPS) is 17.3. The Morgan fingerprint density at radius 3 is 3.00 bits per heavy atom. The van der Waals surface area contributed by atoms with Crippen molar-refractivity contribution in [1.82, 2.24) is 0 Å². The van der Waals surface area contributed by atoms with Gasteiger partial charge < -0.3 is 10.5 Å². The monoisotopic (exact) mass is 261 g/mol. The summed E-state index contributed by atoms with van der Waals surface area (Å²) in [7, 11) is 0. The highest BCUT2D eigenvalue weighted by Gasteiger charge is 2.20. The lowest BCUT2D eigenvalue weighted by atomic mass is 9.98. The first-order chi connectivity index (χ1) is 9.20. The predicted molar refractivity (Wildman–Crippen MR) is 76.0 cm³/mol. The molecule has 104 valence electrons. The summed E-state index contributed by atoms with van der Waals surface area (Å²) in [6, 6.07) is 6.79. The van der Waals surface area contributed by atoms with Crippen LogP contribution in [0.1, 0.15) is 42.9 Å². The molecule has 0 aliphatic heterocycles. The van der Waals surface area contributed by atoms with Crippen molar-refractivity contribution in [3.8, 4) is 0 Å². The summed E-state index contributed by atoms with van der Waals surface area (Å²) in [5.74, 6) is -0.0807. The van der Waals surface area contributed by atoms with Gasteiger partial charge in [-0.1, -0.05) is 18.2 Å². The number of hydrogen-bond donors (Lipinski definition) is 1. The molecule has 0 saturated heterocycles. The van der Waals surface area contributed by atoms with Crippen molar-refractivity contribution >= 4 is 5.97 Å². The van der Waals surface area contributed by atoms with E-state index in [4.69, 9.17) is 10.5 Å². The SMILES string of the molecule is CCOC(=O)CCCCc1cccc2c1CC(N)C2. The zero-order valence-corrected chi connectivity index (χ0v) is 11.7. The van der Waals surface area contributed by atoms with E-state index in [0.29, 0.717) is 13.0 Å². The van der Waals surface area contributed by atoms with Gasteiger partial charge in [0.05, 0.1) is 6.61 Å². The van der Waals surface area contributed by atoms with Gasteiger partial charge >= 0.3 is 5.97 Å². The number of ether oxygens (including phenoxy) is 1. The third-order valence-electron chi connectivity index (χ3n) is 3.70. The van der Waals surface area contributed by atoms with E-state index < -0.39 is 0 Å². The molecule has 0 amide bonds. The molecular weight excluding hydrogens is 238 g/mol. The maximum Gasteiger partial charge on any atom is 0.305 e. The van der Waals surface area contributed by atoms with Gasteiger partial charge in [-0.2, -0.15) is 0 Å². The number of benzene rings is 1. The molecule has 2 rings (SSSR count). The first kappa shape index (κ1) is 14.1. The predicted octanol–water partition coefficient (Wildman–Crippen LogP) is 2.39. The van der Waals surface area contributed by atoms with Gasteiger partial charge in [0.15, 0.2) is 0 Å². The number of carbonyl (C=O) groups is 1. The van der Waals surface area contributed by atoms with Crippen LogP contribution in [0.25, 0.3) is 0 Å². The highest BCUT2D eigenvalue weighted by atomic mass is 16.5. The highest BCUT2D eigenvalue weighted by Crippen LogP contribution is 2.25. The van der Waals surface area contributed by atoms with Crippen molar-refractivity contribution in [2.75, 3.05) is 6.61 Å². The molecule has 19 heavy (non-hydrogen) atoms. The average Bonchev–Trinajstić information content (AvgIpc) is 2.76. The van der Waals surface area contributed by atoms with E-state index in [2.05, 4.69) is 18.2 Å². The van der Waals surface area contributed by atoms with Gasteiger partial charge in [0, 0.05) is 12.5 Å². The standard InChI is InChI=1S/C16H23NO2/c1-2-19-16(18)9-4-3-6-12-7-5-8-13-10-14(17)11-15(12)13/h5,7-8,14H,2-4,6,9-11,17H2,1H3. The van der Waals surface area contributed by atoms with Crippen molar-refractivity contribution in [2.24, 2.45) is 5.73 Å². The summed E-state index contributed by atoms with van der Waals surface area (Å²) in [6.07, 6.45) is 5.51. The molecule has 3 heteroatoms. The van der Waals surface area contributed by atoms with Crippen LogP contribution in [0.5, 0.6) is 0 Å². The topological polar surface area (TPSA) is 52.3 Å². The average molecular weight is 261 g/mol. The van der Waals surface area contributed by atoms with Crippen LogP contribution in [0.4, 0.5) is 0 Å². The first-order valence-electron chi connectivity index (χ1n) is 7.21.